The van der Waals surface area contributed by atoms with Gasteiger partial charge in [0.25, 0.3) is 0 Å². The van der Waals surface area contributed by atoms with Gasteiger partial charge in [0.2, 0.25) is 0 Å². The van der Waals surface area contributed by atoms with E-state index in [0.717, 1.165) is 11.1 Å². The van der Waals surface area contributed by atoms with Crippen LogP contribution >= 0.6 is 0 Å². The summed E-state index contributed by atoms with van der Waals surface area (Å²) in [5, 5.41) is 23.3. The number of hydrogen-bond acceptors (Lipinski definition) is 2. The van der Waals surface area contributed by atoms with E-state index in [-0.39, 0.29) is 11.8 Å². The van der Waals surface area contributed by atoms with Crippen molar-refractivity contribution in [1.82, 2.24) is 0 Å². The van der Waals surface area contributed by atoms with Crippen LogP contribution in [0.5, 0.6) is 0 Å². The second-order valence-corrected chi connectivity index (χ2v) is 6.57. The molecule has 0 aromatic heterocycles. The van der Waals surface area contributed by atoms with Crippen molar-refractivity contribution < 1.29 is 10.2 Å². The molecule has 0 spiro atoms. The molecular formula is C20H26O2. The summed E-state index contributed by atoms with van der Waals surface area (Å²) in [7, 11) is 0. The molecule has 2 N–H and O–H groups in total. The van der Waals surface area contributed by atoms with E-state index in [0.29, 0.717) is 0 Å². The molecule has 0 unspecified atom stereocenters. The molecule has 2 aromatic rings. The lowest BCUT2D eigenvalue weighted by Crippen LogP contribution is -2.55. The van der Waals surface area contributed by atoms with Crippen LogP contribution in [0, 0.1) is 11.8 Å². The molecule has 0 heterocycles. The smallest absolute Gasteiger partial charge is 0.125 e. The molecule has 2 heteroatoms. The van der Waals surface area contributed by atoms with E-state index in [9.17, 15) is 10.2 Å². The first-order valence-corrected chi connectivity index (χ1v) is 7.91. The van der Waals surface area contributed by atoms with E-state index in [4.69, 9.17) is 0 Å². The number of hydrogen-bond donors (Lipinski definition) is 2. The molecule has 22 heavy (non-hydrogen) atoms. The van der Waals surface area contributed by atoms with Gasteiger partial charge in [-0.2, -0.15) is 0 Å². The summed E-state index contributed by atoms with van der Waals surface area (Å²) in [6.07, 6.45) is 0. The minimum atomic E-state index is -1.37. The molecule has 0 amide bonds. The maximum Gasteiger partial charge on any atom is 0.125 e. The molecule has 2 aromatic carbocycles. The second-order valence-electron chi connectivity index (χ2n) is 6.57. The van der Waals surface area contributed by atoms with Crippen LogP contribution in [0.25, 0.3) is 0 Å². The van der Waals surface area contributed by atoms with E-state index in [1.54, 1.807) is 0 Å². The Labute approximate surface area is 133 Å². The van der Waals surface area contributed by atoms with E-state index >= 15 is 0 Å². The minimum Gasteiger partial charge on any atom is -0.381 e. The largest absolute Gasteiger partial charge is 0.381 e. The molecule has 2 rings (SSSR count). The van der Waals surface area contributed by atoms with Crippen LogP contribution in [-0.2, 0) is 11.2 Å². The highest BCUT2D eigenvalue weighted by molar-refractivity contribution is 5.35. The Morgan fingerprint density at radius 2 is 0.864 bits per heavy atom. The maximum atomic E-state index is 11.7. The van der Waals surface area contributed by atoms with Crippen LogP contribution in [-0.4, -0.2) is 10.2 Å². The molecule has 0 bridgehead atoms. The summed E-state index contributed by atoms with van der Waals surface area (Å²) in [5.41, 5.74) is -1.26. The molecule has 0 aliphatic carbocycles. The van der Waals surface area contributed by atoms with Crippen molar-refractivity contribution in [2.75, 3.05) is 0 Å². The third kappa shape index (κ3) is 2.47. The van der Waals surface area contributed by atoms with Gasteiger partial charge in [0, 0.05) is 0 Å². The highest BCUT2D eigenvalue weighted by Gasteiger charge is 2.55. The van der Waals surface area contributed by atoms with Crippen LogP contribution in [0.1, 0.15) is 38.8 Å². The first kappa shape index (κ1) is 16.7. The van der Waals surface area contributed by atoms with Gasteiger partial charge < -0.3 is 10.2 Å². The fraction of sp³-hybridized carbons (Fsp3) is 0.400. The van der Waals surface area contributed by atoms with Crippen LogP contribution in [0.4, 0.5) is 0 Å². The Morgan fingerprint density at radius 3 is 1.09 bits per heavy atom. The van der Waals surface area contributed by atoms with Gasteiger partial charge in [-0.3, -0.25) is 0 Å². The number of aliphatic hydroxyl groups is 2. The Morgan fingerprint density at radius 1 is 0.591 bits per heavy atom. The Bertz CT molecular complexity index is 536. The third-order valence-corrected chi connectivity index (χ3v) is 4.68. The quantitative estimate of drug-likeness (QED) is 0.873. The highest BCUT2D eigenvalue weighted by Crippen LogP contribution is 2.49. The zero-order valence-electron chi connectivity index (χ0n) is 13.8. The molecular weight excluding hydrogens is 272 g/mol. The lowest BCUT2D eigenvalue weighted by Gasteiger charge is -2.49. The molecule has 0 fully saturated rings. The molecule has 0 aliphatic rings. The predicted octanol–water partition coefficient (Wildman–Crippen LogP) is 4.07. The summed E-state index contributed by atoms with van der Waals surface area (Å²) >= 11 is 0. The fourth-order valence-corrected chi connectivity index (χ4v) is 3.37. The van der Waals surface area contributed by atoms with Crippen LogP contribution in [0.3, 0.4) is 0 Å². The maximum absolute atomic E-state index is 11.7. The lowest BCUT2D eigenvalue weighted by molar-refractivity contribution is -0.212. The van der Waals surface area contributed by atoms with Gasteiger partial charge in [-0.05, 0) is 23.0 Å². The molecule has 0 radical (unpaired) electrons. The van der Waals surface area contributed by atoms with Crippen molar-refractivity contribution >= 4 is 0 Å². The topological polar surface area (TPSA) is 40.5 Å². The van der Waals surface area contributed by atoms with E-state index < -0.39 is 11.2 Å². The summed E-state index contributed by atoms with van der Waals surface area (Å²) in [6.45, 7) is 7.79. The van der Waals surface area contributed by atoms with Crippen LogP contribution in [0.15, 0.2) is 60.7 Å². The lowest BCUT2D eigenvalue weighted by atomic mass is 9.63. The molecule has 0 saturated heterocycles. The van der Waals surface area contributed by atoms with Crippen molar-refractivity contribution in [2.45, 2.75) is 38.9 Å². The molecule has 0 saturated carbocycles. The molecule has 0 aliphatic heterocycles. The van der Waals surface area contributed by atoms with Crippen molar-refractivity contribution in [3.63, 3.8) is 0 Å². The SMILES string of the molecule is CC(C)[C@](O)(c1ccccc1)[C@](O)(c1ccccc1)C(C)C. The van der Waals surface area contributed by atoms with Gasteiger partial charge >= 0.3 is 0 Å². The zero-order chi connectivity index (χ0) is 16.4. The van der Waals surface area contributed by atoms with Gasteiger partial charge in [0.15, 0.2) is 0 Å². The van der Waals surface area contributed by atoms with Gasteiger partial charge in [0.1, 0.15) is 11.2 Å². The van der Waals surface area contributed by atoms with Crippen molar-refractivity contribution in [2.24, 2.45) is 11.8 Å². The standard InChI is InChI=1S/C20H26O2/c1-15(2)19(21,17-11-7-5-8-12-17)20(22,16(3)4)18-13-9-6-10-14-18/h5-16,21-22H,1-4H3/t19-,20+. The molecule has 118 valence electrons. The second kappa shape index (κ2) is 6.23. The van der Waals surface area contributed by atoms with Crippen molar-refractivity contribution in [3.05, 3.63) is 71.8 Å². The predicted molar refractivity (Wildman–Crippen MR) is 90.4 cm³/mol. The van der Waals surface area contributed by atoms with E-state index in [1.807, 2.05) is 88.4 Å². The van der Waals surface area contributed by atoms with Gasteiger partial charge in [-0.1, -0.05) is 88.4 Å². The van der Waals surface area contributed by atoms with E-state index in [1.165, 1.54) is 0 Å². The number of benzene rings is 2. The van der Waals surface area contributed by atoms with E-state index in [2.05, 4.69) is 0 Å². The highest BCUT2D eigenvalue weighted by atomic mass is 16.4. The van der Waals surface area contributed by atoms with Crippen LogP contribution in [0.2, 0.25) is 0 Å². The van der Waals surface area contributed by atoms with Gasteiger partial charge in [0.05, 0.1) is 0 Å². The minimum absolute atomic E-state index is 0.150. The van der Waals surface area contributed by atoms with Crippen molar-refractivity contribution in [1.29, 1.82) is 0 Å². The Hall–Kier alpha value is -1.64. The first-order valence-electron chi connectivity index (χ1n) is 7.91. The van der Waals surface area contributed by atoms with Crippen LogP contribution < -0.4 is 0 Å². The normalized spacial score (nSPS) is 17.3. The fourth-order valence-electron chi connectivity index (χ4n) is 3.37. The average Bonchev–Trinajstić information content (AvgIpc) is 2.54. The summed E-state index contributed by atoms with van der Waals surface area (Å²) < 4.78 is 0. The Balaban J connectivity index is 2.72. The summed E-state index contributed by atoms with van der Waals surface area (Å²) in [5.74, 6) is -0.301. The molecule has 2 nitrogen and oxygen atoms in total. The third-order valence-electron chi connectivity index (χ3n) is 4.68. The van der Waals surface area contributed by atoms with Crippen molar-refractivity contribution in [3.8, 4) is 0 Å². The molecule has 2 atom stereocenters. The summed E-state index contributed by atoms with van der Waals surface area (Å²) in [6, 6.07) is 19.0. The summed E-state index contributed by atoms with van der Waals surface area (Å²) in [4.78, 5) is 0. The first-order chi connectivity index (χ1) is 10.3. The average molecular weight is 298 g/mol. The Kier molecular flexibility index (Phi) is 4.74. The van der Waals surface area contributed by atoms with Gasteiger partial charge in [-0.15, -0.1) is 0 Å². The monoisotopic (exact) mass is 298 g/mol. The number of rotatable bonds is 5. The zero-order valence-corrected chi connectivity index (χ0v) is 13.8. The van der Waals surface area contributed by atoms with Gasteiger partial charge in [-0.25, -0.2) is 0 Å².